The van der Waals surface area contributed by atoms with Crippen LogP contribution in [0.15, 0.2) is 0 Å². The number of amides is 1. The van der Waals surface area contributed by atoms with E-state index in [1.165, 1.54) is 62.3 Å². The van der Waals surface area contributed by atoms with E-state index in [9.17, 15) is 13.2 Å². The van der Waals surface area contributed by atoms with Crippen LogP contribution in [0.25, 0.3) is 0 Å². The van der Waals surface area contributed by atoms with Crippen molar-refractivity contribution >= 4 is 15.9 Å². The van der Waals surface area contributed by atoms with Gasteiger partial charge in [-0.3, -0.25) is 4.79 Å². The average Bonchev–Trinajstić information content (AvgIpc) is 3.52. The van der Waals surface area contributed by atoms with Gasteiger partial charge in [0, 0.05) is 12.5 Å². The summed E-state index contributed by atoms with van der Waals surface area (Å²) in [5.41, 5.74) is 1.38. The normalized spacial score (nSPS) is 48.5. The van der Waals surface area contributed by atoms with Crippen LogP contribution in [0.5, 0.6) is 0 Å². The molecule has 7 aliphatic rings. The molecule has 2 N–H and O–H groups in total. The maximum absolute atomic E-state index is 12.7. The van der Waals surface area contributed by atoms with Gasteiger partial charge in [0.1, 0.15) is 12.6 Å². The zero-order chi connectivity index (χ0) is 30.6. The lowest BCUT2D eigenvalue weighted by atomic mass is 9.46. The molecule has 7 unspecified atom stereocenters. The second-order valence-corrected chi connectivity index (χ2v) is 19.0. The van der Waals surface area contributed by atoms with Gasteiger partial charge in [0.05, 0.1) is 31.6 Å². The number of rotatable bonds is 6. The van der Waals surface area contributed by atoms with Crippen LogP contribution < -0.4 is 4.72 Å². The van der Waals surface area contributed by atoms with Crippen LogP contribution in [-0.2, 0) is 29.0 Å². The largest absolute Gasteiger partial charge is 0.369 e. The van der Waals surface area contributed by atoms with Gasteiger partial charge in [-0.05, 0) is 110 Å². The molecule has 2 spiro atoms. The number of quaternary nitrogens is 1. The number of hydrogen-bond donors (Lipinski definition) is 1. The van der Waals surface area contributed by atoms with E-state index in [0.717, 1.165) is 24.7 Å². The van der Waals surface area contributed by atoms with Gasteiger partial charge < -0.3 is 19.1 Å². The quantitative estimate of drug-likeness (QED) is 0.483. The fourth-order valence-electron chi connectivity index (χ4n) is 12.4. The van der Waals surface area contributed by atoms with Crippen molar-refractivity contribution in [3.63, 3.8) is 0 Å². The Morgan fingerprint density at radius 1 is 1.00 bits per heavy atom. The Hall–Kier alpha value is -0.740. The topological polar surface area (TPSA) is 98.8 Å². The summed E-state index contributed by atoms with van der Waals surface area (Å²) in [6.07, 6.45) is 13.9. The van der Waals surface area contributed by atoms with Crippen LogP contribution in [0, 0.1) is 51.2 Å². The van der Waals surface area contributed by atoms with E-state index < -0.39 is 10.0 Å². The average molecular weight is 622 g/mol. The van der Waals surface area contributed by atoms with Crippen molar-refractivity contribution in [2.75, 3.05) is 32.5 Å². The first-order valence-corrected chi connectivity index (χ1v) is 19.4. The molecule has 43 heavy (non-hydrogen) atoms. The van der Waals surface area contributed by atoms with E-state index in [0.29, 0.717) is 60.4 Å². The van der Waals surface area contributed by atoms with Crippen molar-refractivity contribution in [3.05, 3.63) is 0 Å². The molecule has 5 aliphatic carbocycles. The lowest BCUT2D eigenvalue weighted by molar-refractivity contribution is -0.510. The molecular weight excluding hydrogens is 564 g/mol. The highest BCUT2D eigenvalue weighted by Gasteiger charge is 2.80. The van der Waals surface area contributed by atoms with Gasteiger partial charge in [0.25, 0.3) is 10.0 Å². The van der Waals surface area contributed by atoms with Gasteiger partial charge in [-0.25, -0.2) is 4.72 Å². The Bertz CT molecular complexity index is 1220. The van der Waals surface area contributed by atoms with Crippen LogP contribution in [0.1, 0.15) is 98.8 Å². The highest BCUT2D eigenvalue weighted by molar-refractivity contribution is 7.83. The second kappa shape index (κ2) is 10.4. The lowest BCUT2D eigenvalue weighted by Crippen LogP contribution is -2.89. The summed E-state index contributed by atoms with van der Waals surface area (Å²) in [5, 5.41) is 0. The molecule has 1 amide bonds. The summed E-state index contributed by atoms with van der Waals surface area (Å²) in [5.74, 6) is 3.01. The van der Waals surface area contributed by atoms with Crippen LogP contribution in [0.4, 0.5) is 0 Å². The van der Waals surface area contributed by atoms with E-state index in [4.69, 9.17) is 14.2 Å². The third-order valence-corrected chi connectivity index (χ3v) is 15.2. The molecule has 2 aliphatic heterocycles. The number of carbonyl (C=O) groups is 1. The summed E-state index contributed by atoms with van der Waals surface area (Å²) in [6, 6.07) is 0. The Morgan fingerprint density at radius 2 is 1.77 bits per heavy atom. The van der Waals surface area contributed by atoms with Gasteiger partial charge in [0.2, 0.25) is 5.91 Å². The van der Waals surface area contributed by atoms with E-state index in [1.54, 1.807) is 0 Å². The Balaban J connectivity index is 1.04. The lowest BCUT2D eigenvalue weighted by Gasteiger charge is -2.60. The van der Waals surface area contributed by atoms with E-state index in [2.05, 4.69) is 20.8 Å². The van der Waals surface area contributed by atoms with E-state index >= 15 is 0 Å². The number of hydrogen-bond acceptors (Lipinski definition) is 6. The zero-order valence-corrected chi connectivity index (χ0v) is 28.3. The standard InChI is InChI=1S/C34H56N2O6S/c1-21(2)30(37)36-15-16-40-29(19-36)42-28-11-12-34-20-33(34)14-13-32(5)24-8-7-22(18-35-43(6,38)39)41-26(24)17-25(32)23(33)9-10-27(34)31(28,3)4/h21-29,35H,7-20H2,1-6H3/p+1/t22?,23-,24?,25?,26?,27?,28-,29?,32+,33?,34+/m0/s1. The molecule has 7 fully saturated rings. The predicted octanol–water partition coefficient (Wildman–Crippen LogP) is 3.94. The van der Waals surface area contributed by atoms with E-state index in [1.807, 2.05) is 18.7 Å². The molecule has 7 rings (SSSR count). The molecule has 11 atom stereocenters. The first-order valence-electron chi connectivity index (χ1n) is 17.4. The van der Waals surface area contributed by atoms with Crippen molar-refractivity contribution < 1.29 is 32.1 Å². The number of ether oxygens (including phenoxy) is 3. The first-order chi connectivity index (χ1) is 20.2. The van der Waals surface area contributed by atoms with Crippen LogP contribution in [0.3, 0.4) is 0 Å². The maximum Gasteiger partial charge on any atom is 0.291 e. The molecule has 9 heteroatoms. The molecule has 244 valence electrons. The fourth-order valence-corrected chi connectivity index (χ4v) is 13.0. The third kappa shape index (κ3) is 4.79. The minimum atomic E-state index is -3.08. The highest BCUT2D eigenvalue weighted by atomic mass is 32.2. The van der Waals surface area contributed by atoms with Crippen LogP contribution in [-0.4, -0.2) is 76.3 Å². The number of nitrogens with two attached hydrogens (primary N) is 1. The zero-order valence-electron chi connectivity index (χ0n) is 27.5. The summed E-state index contributed by atoms with van der Waals surface area (Å²) in [4.78, 5) is 14.6. The van der Waals surface area contributed by atoms with Crippen molar-refractivity contribution in [1.82, 2.24) is 4.90 Å². The summed E-state index contributed by atoms with van der Waals surface area (Å²) >= 11 is 0. The summed E-state index contributed by atoms with van der Waals surface area (Å²) < 4.78 is 44.5. The van der Waals surface area contributed by atoms with Gasteiger partial charge in [0.15, 0.2) is 6.29 Å². The van der Waals surface area contributed by atoms with Crippen molar-refractivity contribution in [2.45, 2.75) is 123 Å². The molecule has 8 nitrogen and oxygen atoms in total. The molecule has 0 bridgehead atoms. The molecule has 5 saturated carbocycles. The van der Waals surface area contributed by atoms with E-state index in [-0.39, 0.29) is 35.7 Å². The van der Waals surface area contributed by atoms with Crippen LogP contribution in [0.2, 0.25) is 0 Å². The first kappa shape index (κ1) is 30.9. The number of sulfonamides is 1. The van der Waals surface area contributed by atoms with Crippen LogP contribution >= 0.6 is 0 Å². The highest BCUT2D eigenvalue weighted by Crippen LogP contribution is 2.87. The number of carbonyl (C=O) groups excluding carboxylic acids is 1. The van der Waals surface area contributed by atoms with Crippen molar-refractivity contribution in [1.29, 1.82) is 0 Å². The smallest absolute Gasteiger partial charge is 0.291 e. The molecule has 2 heterocycles. The van der Waals surface area contributed by atoms with Gasteiger partial charge >= 0.3 is 0 Å². The molecular formula is C34H57N2O6S+. The van der Waals surface area contributed by atoms with Gasteiger partial charge in [-0.15, -0.1) is 0 Å². The molecule has 0 aromatic rings. The molecule has 2 saturated heterocycles. The molecule has 0 radical (unpaired) electrons. The maximum atomic E-state index is 12.7. The number of morpholine rings is 1. The Morgan fingerprint density at radius 3 is 2.51 bits per heavy atom. The fraction of sp³-hybridized carbons (Fsp3) is 0.971. The summed E-state index contributed by atoms with van der Waals surface area (Å²) in [6.45, 7) is 13.7. The van der Waals surface area contributed by atoms with Gasteiger partial charge in [-0.2, -0.15) is 8.42 Å². The molecule has 0 aromatic carbocycles. The summed E-state index contributed by atoms with van der Waals surface area (Å²) in [7, 11) is -3.08. The van der Waals surface area contributed by atoms with Gasteiger partial charge in [-0.1, -0.05) is 34.6 Å². The second-order valence-electron chi connectivity index (χ2n) is 17.0. The SMILES string of the molecule is CC(C)C(=O)N1CCOC(O[C@H]2CC[C@]34CC35CC[C@]3(C)C6CCC(C[NH2+]S(C)(=O)=O)OC6CC3[C@@H]5CCC4C2(C)C)C1. The molecule has 0 aromatic heterocycles. The van der Waals surface area contributed by atoms with Crippen molar-refractivity contribution in [3.8, 4) is 0 Å². The monoisotopic (exact) mass is 621 g/mol. The minimum absolute atomic E-state index is 0.00138. The number of fused-ring (bicyclic) bond motifs is 4. The third-order valence-electron chi connectivity index (χ3n) is 14.4. The number of nitrogens with zero attached hydrogens (tertiary/aromatic N) is 1. The Kier molecular flexibility index (Phi) is 7.46. The predicted molar refractivity (Wildman–Crippen MR) is 163 cm³/mol. The Labute approximate surface area is 259 Å². The van der Waals surface area contributed by atoms with Crippen molar-refractivity contribution in [2.24, 2.45) is 51.2 Å². The minimum Gasteiger partial charge on any atom is -0.369 e. The number of primary sulfonamides is 1.